The van der Waals surface area contributed by atoms with Crippen LogP contribution in [0.4, 0.5) is 5.82 Å². The normalized spacial score (nSPS) is 11.2. The molecule has 0 radical (unpaired) electrons. The number of hydrogen-bond donors (Lipinski definition) is 2. The van der Waals surface area contributed by atoms with Crippen LogP contribution in [0.1, 0.15) is 20.8 Å². The van der Waals surface area contributed by atoms with Crippen molar-refractivity contribution in [2.75, 3.05) is 18.4 Å². The van der Waals surface area contributed by atoms with Crippen LogP contribution < -0.4 is 10.6 Å². The highest BCUT2D eigenvalue weighted by molar-refractivity contribution is 5.81. The van der Waals surface area contributed by atoms with E-state index >= 15 is 0 Å². The number of nitrogens with zero attached hydrogens (tertiary/aromatic N) is 4. The van der Waals surface area contributed by atoms with Gasteiger partial charge in [0.1, 0.15) is 5.82 Å². The van der Waals surface area contributed by atoms with Gasteiger partial charge in [0.25, 0.3) is 0 Å². The molecule has 0 aliphatic rings. The van der Waals surface area contributed by atoms with Gasteiger partial charge in [-0.15, -0.1) is 10.2 Å². The van der Waals surface area contributed by atoms with Gasteiger partial charge in [0, 0.05) is 30.9 Å². The minimum Gasteiger partial charge on any atom is -0.367 e. The van der Waals surface area contributed by atoms with Crippen molar-refractivity contribution in [3.05, 3.63) is 30.6 Å². The molecular weight excluding hydrogens is 268 g/mol. The van der Waals surface area contributed by atoms with E-state index in [1.807, 2.05) is 39.0 Å². The standard InChI is InChI=1S/C14H20N6O/c1-14(2,3)13(21)16-9-8-15-11-5-6-12(19-18-11)20-10-4-7-17-20/h4-7,10H,8-9H2,1-3H3,(H,15,18)(H,16,21). The van der Waals surface area contributed by atoms with Gasteiger partial charge in [-0.3, -0.25) is 4.79 Å². The second-order valence-electron chi connectivity index (χ2n) is 5.66. The molecule has 0 saturated heterocycles. The molecule has 0 aromatic carbocycles. The molecule has 0 bridgehead atoms. The van der Waals surface area contributed by atoms with Crippen molar-refractivity contribution in [1.82, 2.24) is 25.3 Å². The van der Waals surface area contributed by atoms with E-state index in [9.17, 15) is 4.79 Å². The summed E-state index contributed by atoms with van der Waals surface area (Å²) in [7, 11) is 0. The van der Waals surface area contributed by atoms with Gasteiger partial charge in [0.05, 0.1) is 0 Å². The molecule has 0 atom stereocenters. The van der Waals surface area contributed by atoms with Gasteiger partial charge in [0.2, 0.25) is 5.91 Å². The Labute approximate surface area is 123 Å². The first kappa shape index (κ1) is 15.0. The SMILES string of the molecule is CC(C)(C)C(=O)NCCNc1ccc(-n2cccn2)nn1. The Balaban J connectivity index is 1.78. The fraction of sp³-hybridized carbons (Fsp3) is 0.429. The molecule has 2 heterocycles. The molecule has 21 heavy (non-hydrogen) atoms. The predicted molar refractivity (Wildman–Crippen MR) is 80.1 cm³/mol. The number of carbonyl (C=O) groups is 1. The number of amides is 1. The molecule has 2 aromatic heterocycles. The fourth-order valence-corrected chi connectivity index (χ4v) is 1.58. The second kappa shape index (κ2) is 6.34. The Hall–Kier alpha value is -2.44. The topological polar surface area (TPSA) is 84.7 Å². The maximum Gasteiger partial charge on any atom is 0.225 e. The van der Waals surface area contributed by atoms with E-state index in [1.54, 1.807) is 17.1 Å². The van der Waals surface area contributed by atoms with Crippen molar-refractivity contribution in [1.29, 1.82) is 0 Å². The van der Waals surface area contributed by atoms with Gasteiger partial charge in [-0.05, 0) is 18.2 Å². The van der Waals surface area contributed by atoms with Crippen molar-refractivity contribution in [2.24, 2.45) is 5.41 Å². The summed E-state index contributed by atoms with van der Waals surface area (Å²) in [5.74, 6) is 1.35. The van der Waals surface area contributed by atoms with Gasteiger partial charge in [-0.1, -0.05) is 20.8 Å². The lowest BCUT2D eigenvalue weighted by Crippen LogP contribution is -2.37. The zero-order valence-corrected chi connectivity index (χ0v) is 12.5. The van der Waals surface area contributed by atoms with E-state index in [2.05, 4.69) is 25.9 Å². The predicted octanol–water partition coefficient (Wildman–Crippen LogP) is 1.24. The molecule has 0 aliphatic carbocycles. The first-order valence-corrected chi connectivity index (χ1v) is 6.83. The zero-order chi connectivity index (χ0) is 15.3. The van der Waals surface area contributed by atoms with Crippen molar-refractivity contribution < 1.29 is 4.79 Å². The third-order valence-corrected chi connectivity index (χ3v) is 2.79. The smallest absolute Gasteiger partial charge is 0.225 e. The second-order valence-corrected chi connectivity index (χ2v) is 5.66. The quantitative estimate of drug-likeness (QED) is 0.809. The highest BCUT2D eigenvalue weighted by Crippen LogP contribution is 2.12. The van der Waals surface area contributed by atoms with Crippen LogP contribution in [0.25, 0.3) is 5.82 Å². The number of rotatable bonds is 5. The minimum absolute atomic E-state index is 0.0319. The van der Waals surface area contributed by atoms with Gasteiger partial charge in [-0.25, -0.2) is 4.68 Å². The summed E-state index contributed by atoms with van der Waals surface area (Å²) in [4.78, 5) is 11.7. The first-order chi connectivity index (χ1) is 9.97. The van der Waals surface area contributed by atoms with Gasteiger partial charge >= 0.3 is 0 Å². The molecule has 0 saturated carbocycles. The van der Waals surface area contributed by atoms with E-state index in [-0.39, 0.29) is 11.3 Å². The number of hydrogen-bond acceptors (Lipinski definition) is 5. The van der Waals surface area contributed by atoms with Crippen LogP contribution in [0.5, 0.6) is 0 Å². The number of carbonyl (C=O) groups excluding carboxylic acids is 1. The average Bonchev–Trinajstić information content (AvgIpc) is 2.97. The lowest BCUT2D eigenvalue weighted by atomic mass is 9.96. The summed E-state index contributed by atoms with van der Waals surface area (Å²) in [5, 5.41) is 18.2. The summed E-state index contributed by atoms with van der Waals surface area (Å²) < 4.78 is 1.64. The van der Waals surface area contributed by atoms with Crippen LogP contribution in [0.15, 0.2) is 30.6 Å². The molecule has 0 spiro atoms. The van der Waals surface area contributed by atoms with E-state index < -0.39 is 0 Å². The van der Waals surface area contributed by atoms with Gasteiger partial charge < -0.3 is 10.6 Å². The Kier molecular flexibility index (Phi) is 4.52. The van der Waals surface area contributed by atoms with Crippen molar-refractivity contribution in [3.8, 4) is 5.82 Å². The monoisotopic (exact) mass is 288 g/mol. The number of nitrogens with one attached hydrogen (secondary N) is 2. The summed E-state index contributed by atoms with van der Waals surface area (Å²) >= 11 is 0. The molecule has 2 aromatic rings. The fourth-order valence-electron chi connectivity index (χ4n) is 1.58. The number of aromatic nitrogens is 4. The molecular formula is C14H20N6O. The zero-order valence-electron chi connectivity index (χ0n) is 12.5. The Bertz CT molecular complexity index is 571. The Morgan fingerprint density at radius 3 is 2.62 bits per heavy atom. The molecule has 1 amide bonds. The largest absolute Gasteiger partial charge is 0.367 e. The summed E-state index contributed by atoms with van der Waals surface area (Å²) in [6, 6.07) is 5.48. The Morgan fingerprint density at radius 1 is 1.24 bits per heavy atom. The van der Waals surface area contributed by atoms with E-state index in [0.717, 1.165) is 0 Å². The van der Waals surface area contributed by atoms with Crippen molar-refractivity contribution in [2.45, 2.75) is 20.8 Å². The van der Waals surface area contributed by atoms with Gasteiger partial charge in [0.15, 0.2) is 5.82 Å². The molecule has 2 N–H and O–H groups in total. The van der Waals surface area contributed by atoms with Crippen molar-refractivity contribution in [3.63, 3.8) is 0 Å². The van der Waals surface area contributed by atoms with Crippen LogP contribution in [0, 0.1) is 5.41 Å². The molecule has 7 heteroatoms. The molecule has 7 nitrogen and oxygen atoms in total. The van der Waals surface area contributed by atoms with Crippen molar-refractivity contribution >= 4 is 11.7 Å². The highest BCUT2D eigenvalue weighted by Gasteiger charge is 2.20. The number of anilines is 1. The van der Waals surface area contributed by atoms with Gasteiger partial charge in [-0.2, -0.15) is 5.10 Å². The molecule has 0 aliphatic heterocycles. The summed E-state index contributed by atoms with van der Waals surface area (Å²) in [6.07, 6.45) is 3.49. The molecule has 112 valence electrons. The maximum absolute atomic E-state index is 11.7. The summed E-state index contributed by atoms with van der Waals surface area (Å²) in [6.45, 7) is 6.79. The third-order valence-electron chi connectivity index (χ3n) is 2.79. The van der Waals surface area contributed by atoms with Crippen LogP contribution >= 0.6 is 0 Å². The van der Waals surface area contributed by atoms with E-state index in [1.165, 1.54) is 0 Å². The molecule has 0 fully saturated rings. The van der Waals surface area contributed by atoms with E-state index in [0.29, 0.717) is 24.7 Å². The first-order valence-electron chi connectivity index (χ1n) is 6.83. The van der Waals surface area contributed by atoms with Crippen LogP contribution in [0.3, 0.4) is 0 Å². The average molecular weight is 288 g/mol. The lowest BCUT2D eigenvalue weighted by molar-refractivity contribution is -0.128. The highest BCUT2D eigenvalue weighted by atomic mass is 16.2. The van der Waals surface area contributed by atoms with Crippen LogP contribution in [-0.2, 0) is 4.79 Å². The lowest BCUT2D eigenvalue weighted by Gasteiger charge is -2.17. The third kappa shape index (κ3) is 4.27. The molecule has 0 unspecified atom stereocenters. The minimum atomic E-state index is -0.370. The van der Waals surface area contributed by atoms with Crippen LogP contribution in [-0.4, -0.2) is 39.0 Å². The summed E-state index contributed by atoms with van der Waals surface area (Å²) in [5.41, 5.74) is -0.370. The maximum atomic E-state index is 11.7. The van der Waals surface area contributed by atoms with Crippen LogP contribution in [0.2, 0.25) is 0 Å². The van der Waals surface area contributed by atoms with E-state index in [4.69, 9.17) is 0 Å². The Morgan fingerprint density at radius 2 is 2.05 bits per heavy atom. The molecule has 2 rings (SSSR count).